The molecule has 35 heavy (non-hydrogen) atoms. The van der Waals surface area contributed by atoms with Crippen molar-refractivity contribution in [1.82, 2.24) is 20.6 Å². The van der Waals surface area contributed by atoms with E-state index < -0.39 is 29.9 Å². The summed E-state index contributed by atoms with van der Waals surface area (Å²) >= 11 is 0. The molecule has 1 fully saturated rings. The smallest absolute Gasteiger partial charge is 0.267 e. The minimum absolute atomic E-state index is 0.00141. The van der Waals surface area contributed by atoms with Crippen LogP contribution in [0.25, 0.3) is 22.0 Å². The Labute approximate surface area is 199 Å². The van der Waals surface area contributed by atoms with Crippen molar-refractivity contribution in [3.63, 3.8) is 0 Å². The second-order valence-corrected chi connectivity index (χ2v) is 8.64. The number of halogens is 2. The van der Waals surface area contributed by atoms with Gasteiger partial charge in [-0.25, -0.2) is 8.78 Å². The van der Waals surface area contributed by atoms with Crippen LogP contribution in [0.15, 0.2) is 65.5 Å². The molecular formula is C26H24F2N4O3. The van der Waals surface area contributed by atoms with Crippen molar-refractivity contribution in [3.8, 4) is 22.8 Å². The van der Waals surface area contributed by atoms with E-state index in [0.717, 1.165) is 0 Å². The van der Waals surface area contributed by atoms with Gasteiger partial charge in [0.05, 0.1) is 23.5 Å². The van der Waals surface area contributed by atoms with Gasteiger partial charge in [0.1, 0.15) is 17.2 Å². The molecule has 0 bridgehead atoms. The minimum Gasteiger partial charge on any atom is -0.457 e. The molecule has 7 nitrogen and oxygen atoms in total. The number of amides is 1. The normalized spacial score (nSPS) is 16.9. The predicted molar refractivity (Wildman–Crippen MR) is 129 cm³/mol. The highest BCUT2D eigenvalue weighted by Crippen LogP contribution is 2.37. The summed E-state index contributed by atoms with van der Waals surface area (Å²) < 4.78 is 33.9. The van der Waals surface area contributed by atoms with Gasteiger partial charge in [-0.3, -0.25) is 9.59 Å². The van der Waals surface area contributed by atoms with Gasteiger partial charge in [0.15, 0.2) is 0 Å². The van der Waals surface area contributed by atoms with Crippen LogP contribution < -0.4 is 20.9 Å². The van der Waals surface area contributed by atoms with E-state index in [1.807, 2.05) is 54.6 Å². The molecule has 2 aromatic carbocycles. The summed E-state index contributed by atoms with van der Waals surface area (Å²) in [6.45, 7) is 1.28. The van der Waals surface area contributed by atoms with Crippen molar-refractivity contribution in [1.29, 1.82) is 0 Å². The first kappa shape index (κ1) is 22.8. The maximum absolute atomic E-state index is 13.9. The zero-order valence-corrected chi connectivity index (χ0v) is 19.0. The van der Waals surface area contributed by atoms with Gasteiger partial charge in [0, 0.05) is 29.7 Å². The number of carbonyl (C=O) groups excluding carboxylic acids is 1. The summed E-state index contributed by atoms with van der Waals surface area (Å²) in [5.41, 5.74) is 1.52. The first-order valence-electron chi connectivity index (χ1n) is 11.3. The van der Waals surface area contributed by atoms with E-state index in [0.29, 0.717) is 39.2 Å². The molecule has 9 heteroatoms. The van der Waals surface area contributed by atoms with E-state index in [2.05, 4.69) is 20.6 Å². The van der Waals surface area contributed by atoms with Crippen LogP contribution in [0.4, 0.5) is 8.78 Å². The summed E-state index contributed by atoms with van der Waals surface area (Å²) in [6.07, 6.45) is 0. The highest BCUT2D eigenvalue weighted by molar-refractivity contribution is 6.03. The Balaban J connectivity index is 1.50. The summed E-state index contributed by atoms with van der Waals surface area (Å²) in [6, 6.07) is 18.3. The average Bonchev–Trinajstić information content (AvgIpc) is 3.36. The Morgan fingerprint density at radius 1 is 1.11 bits per heavy atom. The molecule has 0 aliphatic carbocycles. The zero-order chi connectivity index (χ0) is 24.6. The summed E-state index contributed by atoms with van der Waals surface area (Å²) in [4.78, 5) is 31.5. The Morgan fingerprint density at radius 2 is 1.86 bits per heavy atom. The third kappa shape index (κ3) is 4.42. The fourth-order valence-corrected chi connectivity index (χ4v) is 4.40. The number of hydrogen-bond donors (Lipinski definition) is 4. The average molecular weight is 478 g/mol. The van der Waals surface area contributed by atoms with E-state index in [4.69, 9.17) is 4.74 Å². The van der Waals surface area contributed by atoms with Crippen molar-refractivity contribution < 1.29 is 18.3 Å². The Kier molecular flexibility index (Phi) is 5.86. The van der Waals surface area contributed by atoms with Crippen LogP contribution in [0, 0.1) is 12.8 Å². The van der Waals surface area contributed by atoms with Crippen LogP contribution in [0.1, 0.15) is 16.2 Å². The molecule has 1 aliphatic heterocycles. The van der Waals surface area contributed by atoms with Crippen LogP contribution in [-0.2, 0) is 0 Å². The molecule has 0 saturated carbocycles. The molecule has 4 aromatic rings. The first-order chi connectivity index (χ1) is 16.8. The van der Waals surface area contributed by atoms with E-state index >= 15 is 0 Å². The highest BCUT2D eigenvalue weighted by atomic mass is 19.3. The fourth-order valence-electron chi connectivity index (χ4n) is 4.40. The molecule has 180 valence electrons. The molecule has 1 atom stereocenters. The third-order valence-corrected chi connectivity index (χ3v) is 6.22. The number of fused-ring (bicyclic) bond motifs is 1. The number of hydrogen-bond acceptors (Lipinski definition) is 4. The van der Waals surface area contributed by atoms with Gasteiger partial charge >= 0.3 is 0 Å². The number of rotatable bonds is 6. The van der Waals surface area contributed by atoms with Crippen LogP contribution in [0.3, 0.4) is 0 Å². The molecule has 4 N–H and O–H groups in total. The van der Waals surface area contributed by atoms with Gasteiger partial charge in [-0.05, 0) is 37.3 Å². The van der Waals surface area contributed by atoms with Crippen LogP contribution in [0.5, 0.6) is 11.5 Å². The lowest BCUT2D eigenvalue weighted by molar-refractivity contribution is -0.0203. The predicted octanol–water partition coefficient (Wildman–Crippen LogP) is 4.21. The minimum atomic E-state index is -2.89. The standard InChI is InChI=1S/C26H24F2N4O3/c1-15-22-19(11-20(32-25(22)34)24(33)30-13-16-12-29-14-26(16,27)28)23(31-15)18-9-5-6-10-21(18)35-17-7-3-2-4-8-17/h2-11,16,29,31H,12-14H2,1H3,(H,30,33)(H,32,34). The number of H-pyrrole nitrogens is 2. The number of carbonyl (C=O) groups is 1. The quantitative estimate of drug-likeness (QED) is 0.334. The fraction of sp³-hybridized carbons (Fsp3) is 0.231. The van der Waals surface area contributed by atoms with Gasteiger partial charge in [0.25, 0.3) is 17.4 Å². The maximum atomic E-state index is 13.9. The molecule has 1 aliphatic rings. The van der Waals surface area contributed by atoms with E-state index in [1.54, 1.807) is 13.0 Å². The number of aromatic nitrogens is 2. The molecule has 5 rings (SSSR count). The molecule has 0 spiro atoms. The maximum Gasteiger partial charge on any atom is 0.267 e. The van der Waals surface area contributed by atoms with Crippen LogP contribution in [-0.4, -0.2) is 41.4 Å². The van der Waals surface area contributed by atoms with Crippen molar-refractivity contribution in [2.24, 2.45) is 5.92 Å². The Morgan fingerprint density at radius 3 is 2.60 bits per heavy atom. The number of alkyl halides is 2. The summed E-state index contributed by atoms with van der Waals surface area (Å²) in [5, 5.41) is 6.12. The van der Waals surface area contributed by atoms with Gasteiger partial charge < -0.3 is 25.3 Å². The Bertz CT molecular complexity index is 1450. The van der Waals surface area contributed by atoms with E-state index in [-0.39, 0.29) is 18.8 Å². The number of para-hydroxylation sites is 2. The molecular weight excluding hydrogens is 454 g/mol. The van der Waals surface area contributed by atoms with Crippen LogP contribution >= 0.6 is 0 Å². The summed E-state index contributed by atoms with van der Waals surface area (Å²) in [5.74, 6) is -3.29. The second kappa shape index (κ2) is 8.99. The van der Waals surface area contributed by atoms with Gasteiger partial charge in [-0.1, -0.05) is 30.3 Å². The lowest BCUT2D eigenvalue weighted by atomic mass is 10.0. The van der Waals surface area contributed by atoms with Crippen molar-refractivity contribution in [3.05, 3.63) is 82.4 Å². The SMILES string of the molecule is Cc1[nH]c(-c2ccccc2Oc2ccccc2)c2cc(C(=O)NCC3CNCC3(F)F)[nH]c(=O)c12. The van der Waals surface area contributed by atoms with Crippen LogP contribution in [0.2, 0.25) is 0 Å². The zero-order valence-electron chi connectivity index (χ0n) is 19.0. The third-order valence-electron chi connectivity index (χ3n) is 6.22. The molecule has 2 aromatic heterocycles. The molecule has 1 unspecified atom stereocenters. The largest absolute Gasteiger partial charge is 0.457 e. The molecule has 1 saturated heterocycles. The number of nitrogens with one attached hydrogen (secondary N) is 4. The molecule has 0 radical (unpaired) electrons. The van der Waals surface area contributed by atoms with Gasteiger partial charge in [-0.15, -0.1) is 0 Å². The number of aryl methyl sites for hydroxylation is 1. The summed E-state index contributed by atoms with van der Waals surface area (Å²) in [7, 11) is 0. The topological polar surface area (TPSA) is 99.0 Å². The number of ether oxygens (including phenoxy) is 1. The lowest BCUT2D eigenvalue weighted by Gasteiger charge is -2.18. The first-order valence-corrected chi connectivity index (χ1v) is 11.3. The van der Waals surface area contributed by atoms with Crippen molar-refractivity contribution in [2.75, 3.05) is 19.6 Å². The lowest BCUT2D eigenvalue weighted by Crippen LogP contribution is -2.38. The molecule has 3 heterocycles. The molecule has 1 amide bonds. The Hall–Kier alpha value is -3.98. The van der Waals surface area contributed by atoms with E-state index in [1.165, 1.54) is 0 Å². The van der Waals surface area contributed by atoms with E-state index in [9.17, 15) is 18.4 Å². The number of pyridine rings is 1. The number of benzene rings is 2. The van der Waals surface area contributed by atoms with Gasteiger partial charge in [0.2, 0.25) is 0 Å². The van der Waals surface area contributed by atoms with Gasteiger partial charge in [-0.2, -0.15) is 0 Å². The number of aromatic amines is 2. The monoisotopic (exact) mass is 478 g/mol. The second-order valence-electron chi connectivity index (χ2n) is 8.64. The van der Waals surface area contributed by atoms with Crippen molar-refractivity contribution >= 4 is 16.7 Å². The van der Waals surface area contributed by atoms with Crippen molar-refractivity contribution in [2.45, 2.75) is 12.8 Å². The highest BCUT2D eigenvalue weighted by Gasteiger charge is 2.43.